The molecule has 1 atom stereocenters. The van der Waals surface area contributed by atoms with Crippen molar-refractivity contribution in [1.82, 2.24) is 5.32 Å². The van der Waals surface area contributed by atoms with Gasteiger partial charge in [0.2, 0.25) is 11.8 Å². The number of benzene rings is 1. The van der Waals surface area contributed by atoms with Gasteiger partial charge in [-0.05, 0) is 37.8 Å². The molecule has 1 aliphatic heterocycles. The normalized spacial score (nSPS) is 18.1. The predicted molar refractivity (Wildman–Crippen MR) is 88.8 cm³/mol. The molecule has 4 nitrogen and oxygen atoms in total. The summed E-state index contributed by atoms with van der Waals surface area (Å²) in [6, 6.07) is 6.05. The Hall–Kier alpha value is -1.84. The fraction of sp³-hybridized carbons (Fsp3) is 0.556. The summed E-state index contributed by atoms with van der Waals surface area (Å²) in [6.07, 6.45) is 1.27. The van der Waals surface area contributed by atoms with Crippen LogP contribution in [0.5, 0.6) is 0 Å². The van der Waals surface area contributed by atoms with E-state index in [0.717, 1.165) is 17.7 Å². The molecule has 120 valence electrons. The third-order valence-electron chi connectivity index (χ3n) is 4.16. The number of rotatable bonds is 5. The smallest absolute Gasteiger partial charge is 0.227 e. The fourth-order valence-electron chi connectivity index (χ4n) is 2.85. The van der Waals surface area contributed by atoms with E-state index >= 15 is 0 Å². The highest BCUT2D eigenvalue weighted by molar-refractivity contribution is 6.00. The van der Waals surface area contributed by atoms with Gasteiger partial charge in [-0.3, -0.25) is 9.59 Å². The molecule has 1 aliphatic rings. The molecule has 1 unspecified atom stereocenters. The number of anilines is 1. The van der Waals surface area contributed by atoms with E-state index < -0.39 is 0 Å². The number of nitrogens with one attached hydrogen (secondary N) is 1. The molecule has 0 aromatic heterocycles. The lowest BCUT2D eigenvalue weighted by Crippen LogP contribution is -2.34. The zero-order valence-corrected chi connectivity index (χ0v) is 14.0. The number of amides is 2. The van der Waals surface area contributed by atoms with Crippen molar-refractivity contribution < 1.29 is 9.59 Å². The van der Waals surface area contributed by atoms with Gasteiger partial charge in [0.05, 0.1) is 5.92 Å². The molecule has 1 saturated heterocycles. The molecule has 1 heterocycles. The van der Waals surface area contributed by atoms with Gasteiger partial charge in [0, 0.05) is 25.2 Å². The molecule has 1 aromatic carbocycles. The maximum atomic E-state index is 12.3. The van der Waals surface area contributed by atoms with Crippen molar-refractivity contribution in [2.45, 2.75) is 40.5 Å². The van der Waals surface area contributed by atoms with E-state index in [1.807, 2.05) is 26.0 Å². The number of aryl methyl sites for hydroxylation is 2. The first-order chi connectivity index (χ1) is 10.4. The second kappa shape index (κ2) is 6.95. The van der Waals surface area contributed by atoms with Gasteiger partial charge in [0.15, 0.2) is 0 Å². The molecule has 0 spiro atoms. The standard InChI is InChI=1S/C18H26N2O2/c1-12(2)7-8-19-18(22)15-10-17(21)20(11-15)16-6-5-13(3)9-14(16)4/h5-6,9,12,15H,7-8,10-11H2,1-4H3,(H,19,22). The van der Waals surface area contributed by atoms with Crippen LogP contribution in [0.1, 0.15) is 37.8 Å². The van der Waals surface area contributed by atoms with Crippen LogP contribution in [0.25, 0.3) is 0 Å². The van der Waals surface area contributed by atoms with Crippen LogP contribution in [0.4, 0.5) is 5.69 Å². The highest BCUT2D eigenvalue weighted by Crippen LogP contribution is 2.28. The molecule has 2 rings (SSSR count). The monoisotopic (exact) mass is 302 g/mol. The number of nitrogens with zero attached hydrogens (tertiary/aromatic N) is 1. The van der Waals surface area contributed by atoms with Gasteiger partial charge >= 0.3 is 0 Å². The van der Waals surface area contributed by atoms with Gasteiger partial charge in [-0.25, -0.2) is 0 Å². The van der Waals surface area contributed by atoms with Crippen molar-refractivity contribution in [2.75, 3.05) is 18.0 Å². The molecule has 1 aromatic rings. The van der Waals surface area contributed by atoms with Crippen molar-refractivity contribution in [3.8, 4) is 0 Å². The summed E-state index contributed by atoms with van der Waals surface area (Å²) >= 11 is 0. The van der Waals surface area contributed by atoms with E-state index in [-0.39, 0.29) is 17.7 Å². The van der Waals surface area contributed by atoms with Crippen molar-refractivity contribution in [2.24, 2.45) is 11.8 Å². The maximum Gasteiger partial charge on any atom is 0.227 e. The van der Waals surface area contributed by atoms with Gasteiger partial charge in [-0.2, -0.15) is 0 Å². The SMILES string of the molecule is Cc1ccc(N2CC(C(=O)NCCC(C)C)CC2=O)c(C)c1. The third kappa shape index (κ3) is 3.87. The largest absolute Gasteiger partial charge is 0.356 e. The van der Waals surface area contributed by atoms with Crippen LogP contribution in [-0.4, -0.2) is 24.9 Å². The minimum Gasteiger partial charge on any atom is -0.356 e. The van der Waals surface area contributed by atoms with E-state index in [0.29, 0.717) is 25.4 Å². The summed E-state index contributed by atoms with van der Waals surface area (Å²) in [4.78, 5) is 26.2. The molecule has 1 N–H and O–H groups in total. The lowest BCUT2D eigenvalue weighted by atomic mass is 10.1. The van der Waals surface area contributed by atoms with Crippen LogP contribution in [0.2, 0.25) is 0 Å². The van der Waals surface area contributed by atoms with E-state index in [1.165, 1.54) is 5.56 Å². The minimum absolute atomic E-state index is 0.00117. The van der Waals surface area contributed by atoms with Gasteiger partial charge in [-0.1, -0.05) is 31.5 Å². The highest BCUT2D eigenvalue weighted by atomic mass is 16.2. The number of carbonyl (C=O) groups excluding carboxylic acids is 2. The Labute approximate surface area is 132 Å². The molecule has 1 fully saturated rings. The number of hydrogen-bond donors (Lipinski definition) is 1. The maximum absolute atomic E-state index is 12.3. The second-order valence-electron chi connectivity index (χ2n) is 6.67. The zero-order valence-electron chi connectivity index (χ0n) is 14.0. The van der Waals surface area contributed by atoms with Gasteiger partial charge in [-0.15, -0.1) is 0 Å². The van der Waals surface area contributed by atoms with E-state index in [1.54, 1.807) is 4.90 Å². The first-order valence-electron chi connectivity index (χ1n) is 8.03. The van der Waals surface area contributed by atoms with Gasteiger partial charge in [0.25, 0.3) is 0 Å². The topological polar surface area (TPSA) is 49.4 Å². The molecular weight excluding hydrogens is 276 g/mol. The van der Waals surface area contributed by atoms with Crippen LogP contribution < -0.4 is 10.2 Å². The molecule has 0 bridgehead atoms. The zero-order chi connectivity index (χ0) is 16.3. The second-order valence-corrected chi connectivity index (χ2v) is 6.67. The van der Waals surface area contributed by atoms with Crippen molar-refractivity contribution in [3.63, 3.8) is 0 Å². The Morgan fingerprint density at radius 2 is 2.09 bits per heavy atom. The molecule has 0 saturated carbocycles. The van der Waals surface area contributed by atoms with Crippen molar-refractivity contribution in [3.05, 3.63) is 29.3 Å². The minimum atomic E-state index is -0.236. The molecule has 0 aliphatic carbocycles. The fourth-order valence-corrected chi connectivity index (χ4v) is 2.85. The summed E-state index contributed by atoms with van der Waals surface area (Å²) in [6.45, 7) is 9.47. The third-order valence-corrected chi connectivity index (χ3v) is 4.16. The lowest BCUT2D eigenvalue weighted by Gasteiger charge is -2.19. The average molecular weight is 302 g/mol. The van der Waals surface area contributed by atoms with E-state index in [9.17, 15) is 9.59 Å². The first kappa shape index (κ1) is 16.5. The van der Waals surface area contributed by atoms with Gasteiger partial charge in [0.1, 0.15) is 0 Å². The Bertz CT molecular complexity index is 566. The number of hydrogen-bond acceptors (Lipinski definition) is 2. The lowest BCUT2D eigenvalue weighted by molar-refractivity contribution is -0.126. The molecule has 0 radical (unpaired) electrons. The Morgan fingerprint density at radius 1 is 1.36 bits per heavy atom. The summed E-state index contributed by atoms with van der Waals surface area (Å²) < 4.78 is 0. The molecule has 22 heavy (non-hydrogen) atoms. The van der Waals surface area contributed by atoms with E-state index in [4.69, 9.17) is 0 Å². The number of carbonyl (C=O) groups is 2. The van der Waals surface area contributed by atoms with Crippen LogP contribution in [0.3, 0.4) is 0 Å². The molecular formula is C18H26N2O2. The van der Waals surface area contributed by atoms with Crippen LogP contribution in [0.15, 0.2) is 18.2 Å². The Balaban J connectivity index is 2.00. The van der Waals surface area contributed by atoms with Crippen molar-refractivity contribution in [1.29, 1.82) is 0 Å². The van der Waals surface area contributed by atoms with Crippen molar-refractivity contribution >= 4 is 17.5 Å². The first-order valence-corrected chi connectivity index (χ1v) is 8.03. The Morgan fingerprint density at radius 3 is 2.73 bits per heavy atom. The predicted octanol–water partition coefficient (Wildman–Crippen LogP) is 2.82. The summed E-state index contributed by atoms with van der Waals surface area (Å²) in [7, 11) is 0. The molecule has 2 amide bonds. The van der Waals surface area contributed by atoms with Crippen LogP contribution in [-0.2, 0) is 9.59 Å². The highest BCUT2D eigenvalue weighted by Gasteiger charge is 2.35. The summed E-state index contributed by atoms with van der Waals surface area (Å²) in [5.74, 6) is 0.370. The Kier molecular flexibility index (Phi) is 5.22. The quantitative estimate of drug-likeness (QED) is 0.909. The van der Waals surface area contributed by atoms with Crippen LogP contribution >= 0.6 is 0 Å². The summed E-state index contributed by atoms with van der Waals surface area (Å²) in [5, 5.41) is 2.95. The summed E-state index contributed by atoms with van der Waals surface area (Å²) in [5.41, 5.74) is 3.18. The average Bonchev–Trinajstić information content (AvgIpc) is 2.80. The van der Waals surface area contributed by atoms with E-state index in [2.05, 4.69) is 25.2 Å². The molecule has 4 heteroatoms. The van der Waals surface area contributed by atoms with Crippen LogP contribution in [0, 0.1) is 25.7 Å². The van der Waals surface area contributed by atoms with Gasteiger partial charge < -0.3 is 10.2 Å².